The van der Waals surface area contributed by atoms with E-state index in [0.717, 1.165) is 30.3 Å². The highest BCUT2D eigenvalue weighted by Gasteiger charge is 2.28. The lowest BCUT2D eigenvalue weighted by atomic mass is 10.2. The molecule has 1 amide bonds. The molecular weight excluding hydrogens is 254 g/mol. The number of halogens is 1. The quantitative estimate of drug-likeness (QED) is 0.755. The molecule has 1 aromatic rings. The summed E-state index contributed by atoms with van der Waals surface area (Å²) in [5.41, 5.74) is 0.797. The van der Waals surface area contributed by atoms with Gasteiger partial charge in [0, 0.05) is 23.5 Å². The maximum atomic E-state index is 12.1. The van der Waals surface area contributed by atoms with E-state index in [4.69, 9.17) is 0 Å². The van der Waals surface area contributed by atoms with E-state index in [9.17, 15) is 4.79 Å². The Kier molecular flexibility index (Phi) is 3.41. The van der Waals surface area contributed by atoms with E-state index >= 15 is 0 Å². The van der Waals surface area contributed by atoms with E-state index in [-0.39, 0.29) is 5.91 Å². The predicted octanol–water partition coefficient (Wildman–Crippen LogP) is 2.69. The Hall–Kier alpha value is -0.830. The number of hydrogen-bond donors (Lipinski definition) is 0. The van der Waals surface area contributed by atoms with Gasteiger partial charge in [-0.1, -0.05) is 34.1 Å². The molecule has 3 heteroatoms. The summed E-state index contributed by atoms with van der Waals surface area (Å²) in [4.78, 5) is 14.1. The van der Waals surface area contributed by atoms with E-state index < -0.39 is 0 Å². The van der Waals surface area contributed by atoms with Gasteiger partial charge in [0.2, 0.25) is 0 Å². The topological polar surface area (TPSA) is 20.3 Å². The van der Waals surface area contributed by atoms with E-state index in [1.165, 1.54) is 0 Å². The van der Waals surface area contributed by atoms with E-state index in [0.29, 0.717) is 6.04 Å². The molecule has 1 aromatic carbocycles. The molecule has 80 valence electrons. The molecule has 0 aliphatic carbocycles. The van der Waals surface area contributed by atoms with Crippen LogP contribution in [0.15, 0.2) is 30.3 Å². The SMILES string of the molecule is O=C(c1ccccc1)N1CCCC1CBr. The summed E-state index contributed by atoms with van der Waals surface area (Å²) < 4.78 is 0. The minimum Gasteiger partial charge on any atom is -0.335 e. The van der Waals surface area contributed by atoms with Crippen LogP contribution in [0.3, 0.4) is 0 Å². The van der Waals surface area contributed by atoms with Gasteiger partial charge in [-0.15, -0.1) is 0 Å². The van der Waals surface area contributed by atoms with Crippen molar-refractivity contribution in [2.24, 2.45) is 0 Å². The number of carbonyl (C=O) groups is 1. The zero-order chi connectivity index (χ0) is 10.7. The molecule has 1 saturated heterocycles. The number of amides is 1. The van der Waals surface area contributed by atoms with Crippen LogP contribution in [0.1, 0.15) is 23.2 Å². The second-order valence-electron chi connectivity index (χ2n) is 3.81. The van der Waals surface area contributed by atoms with E-state index in [2.05, 4.69) is 15.9 Å². The Morgan fingerprint density at radius 2 is 2.13 bits per heavy atom. The van der Waals surface area contributed by atoms with Crippen LogP contribution in [0, 0.1) is 0 Å². The summed E-state index contributed by atoms with van der Waals surface area (Å²) in [6.45, 7) is 0.893. The molecule has 1 aliphatic heterocycles. The van der Waals surface area contributed by atoms with Crippen molar-refractivity contribution in [3.05, 3.63) is 35.9 Å². The highest BCUT2D eigenvalue weighted by atomic mass is 79.9. The van der Waals surface area contributed by atoms with Crippen molar-refractivity contribution < 1.29 is 4.79 Å². The van der Waals surface area contributed by atoms with Crippen molar-refractivity contribution in [3.63, 3.8) is 0 Å². The van der Waals surface area contributed by atoms with Gasteiger partial charge >= 0.3 is 0 Å². The molecule has 2 rings (SSSR count). The number of likely N-dealkylation sites (tertiary alicyclic amines) is 1. The number of rotatable bonds is 2. The Balaban J connectivity index is 2.14. The summed E-state index contributed by atoms with van der Waals surface area (Å²) >= 11 is 3.46. The standard InChI is InChI=1S/C12H14BrNO/c13-9-11-7-4-8-14(11)12(15)10-5-2-1-3-6-10/h1-3,5-6,11H,4,7-9H2. The van der Waals surface area contributed by atoms with Gasteiger partial charge in [-0.05, 0) is 25.0 Å². The number of hydrogen-bond acceptors (Lipinski definition) is 1. The first-order chi connectivity index (χ1) is 7.33. The van der Waals surface area contributed by atoms with Crippen LogP contribution in [0.4, 0.5) is 0 Å². The summed E-state index contributed by atoms with van der Waals surface area (Å²) in [7, 11) is 0. The summed E-state index contributed by atoms with van der Waals surface area (Å²) in [5.74, 6) is 0.164. The third-order valence-corrected chi connectivity index (χ3v) is 3.58. The maximum absolute atomic E-state index is 12.1. The Morgan fingerprint density at radius 1 is 1.40 bits per heavy atom. The van der Waals surface area contributed by atoms with Gasteiger partial charge < -0.3 is 4.90 Å². The van der Waals surface area contributed by atoms with Crippen molar-refractivity contribution in [2.75, 3.05) is 11.9 Å². The molecule has 0 aromatic heterocycles. The molecule has 0 bridgehead atoms. The molecule has 0 N–H and O–H groups in total. The molecule has 0 spiro atoms. The lowest BCUT2D eigenvalue weighted by molar-refractivity contribution is 0.0750. The first kappa shape index (κ1) is 10.7. The number of benzene rings is 1. The lowest BCUT2D eigenvalue weighted by Gasteiger charge is -2.23. The van der Waals surface area contributed by atoms with Gasteiger partial charge in [0.1, 0.15) is 0 Å². The van der Waals surface area contributed by atoms with Gasteiger partial charge in [0.15, 0.2) is 0 Å². The van der Waals surface area contributed by atoms with E-state index in [1.807, 2.05) is 35.2 Å². The smallest absolute Gasteiger partial charge is 0.254 e. The zero-order valence-corrected chi connectivity index (χ0v) is 10.1. The van der Waals surface area contributed by atoms with Crippen LogP contribution in [-0.4, -0.2) is 28.7 Å². The lowest BCUT2D eigenvalue weighted by Crippen LogP contribution is -2.36. The monoisotopic (exact) mass is 267 g/mol. The van der Waals surface area contributed by atoms with Crippen molar-refractivity contribution in [3.8, 4) is 0 Å². The van der Waals surface area contributed by atoms with Gasteiger partial charge in [-0.2, -0.15) is 0 Å². The van der Waals surface area contributed by atoms with Crippen LogP contribution in [0.2, 0.25) is 0 Å². The molecule has 1 unspecified atom stereocenters. The van der Waals surface area contributed by atoms with Crippen LogP contribution < -0.4 is 0 Å². The Morgan fingerprint density at radius 3 is 2.80 bits per heavy atom. The summed E-state index contributed by atoms with van der Waals surface area (Å²) in [6, 6.07) is 9.89. The number of carbonyl (C=O) groups excluding carboxylic acids is 1. The second kappa shape index (κ2) is 4.79. The maximum Gasteiger partial charge on any atom is 0.254 e. The third kappa shape index (κ3) is 2.23. The van der Waals surface area contributed by atoms with Crippen LogP contribution >= 0.6 is 15.9 Å². The van der Waals surface area contributed by atoms with Gasteiger partial charge in [-0.25, -0.2) is 0 Å². The highest BCUT2D eigenvalue weighted by Crippen LogP contribution is 2.21. The molecule has 1 atom stereocenters. The molecule has 0 radical (unpaired) electrons. The number of nitrogens with zero attached hydrogens (tertiary/aromatic N) is 1. The Bertz CT molecular complexity index is 339. The summed E-state index contributed by atoms with van der Waals surface area (Å²) in [6.07, 6.45) is 2.23. The molecule has 1 heterocycles. The normalized spacial score (nSPS) is 20.6. The number of alkyl halides is 1. The van der Waals surface area contributed by atoms with Crippen molar-refractivity contribution in [1.82, 2.24) is 4.90 Å². The molecule has 1 aliphatic rings. The minimum absolute atomic E-state index is 0.164. The molecular formula is C12H14BrNO. The highest BCUT2D eigenvalue weighted by molar-refractivity contribution is 9.09. The molecule has 2 nitrogen and oxygen atoms in total. The van der Waals surface area contributed by atoms with Crippen LogP contribution in [0.25, 0.3) is 0 Å². The predicted molar refractivity (Wildman–Crippen MR) is 64.3 cm³/mol. The largest absolute Gasteiger partial charge is 0.335 e. The third-order valence-electron chi connectivity index (χ3n) is 2.84. The van der Waals surface area contributed by atoms with Crippen molar-refractivity contribution >= 4 is 21.8 Å². The first-order valence-electron chi connectivity index (χ1n) is 5.25. The molecule has 1 fully saturated rings. The van der Waals surface area contributed by atoms with Gasteiger partial charge in [0.05, 0.1) is 0 Å². The van der Waals surface area contributed by atoms with Crippen molar-refractivity contribution in [1.29, 1.82) is 0 Å². The fourth-order valence-electron chi connectivity index (χ4n) is 2.01. The zero-order valence-electron chi connectivity index (χ0n) is 8.53. The second-order valence-corrected chi connectivity index (χ2v) is 4.46. The van der Waals surface area contributed by atoms with Gasteiger partial charge in [-0.3, -0.25) is 4.79 Å². The fraction of sp³-hybridized carbons (Fsp3) is 0.417. The molecule has 0 saturated carbocycles. The minimum atomic E-state index is 0.164. The average molecular weight is 268 g/mol. The molecule has 15 heavy (non-hydrogen) atoms. The van der Waals surface area contributed by atoms with E-state index in [1.54, 1.807) is 0 Å². The first-order valence-corrected chi connectivity index (χ1v) is 6.37. The van der Waals surface area contributed by atoms with Crippen LogP contribution in [-0.2, 0) is 0 Å². The van der Waals surface area contributed by atoms with Crippen LogP contribution in [0.5, 0.6) is 0 Å². The average Bonchev–Trinajstić information content (AvgIpc) is 2.77. The van der Waals surface area contributed by atoms with Crippen molar-refractivity contribution in [2.45, 2.75) is 18.9 Å². The van der Waals surface area contributed by atoms with Gasteiger partial charge in [0.25, 0.3) is 5.91 Å². The Labute approximate surface area is 98.4 Å². The summed E-state index contributed by atoms with van der Waals surface area (Å²) in [5, 5.41) is 0.881. The fourth-order valence-corrected chi connectivity index (χ4v) is 2.68.